The monoisotopic (exact) mass is 414 g/mol. The number of nitrogens with one attached hydrogen (secondary N) is 1. The summed E-state index contributed by atoms with van der Waals surface area (Å²) in [6.07, 6.45) is 0.628. The van der Waals surface area contributed by atoms with Gasteiger partial charge in [-0.2, -0.15) is 0 Å². The maximum atomic E-state index is 12.6. The van der Waals surface area contributed by atoms with Gasteiger partial charge in [-0.15, -0.1) is 0 Å². The van der Waals surface area contributed by atoms with Gasteiger partial charge in [-0.05, 0) is 49.8 Å². The van der Waals surface area contributed by atoms with E-state index in [0.29, 0.717) is 17.0 Å². The molecule has 0 radical (unpaired) electrons. The van der Waals surface area contributed by atoms with E-state index in [0.717, 1.165) is 0 Å². The zero-order valence-electron chi connectivity index (χ0n) is 15.8. The summed E-state index contributed by atoms with van der Waals surface area (Å²) < 4.78 is 10.4. The Labute approximate surface area is 172 Å². The molecule has 7 nitrogen and oxygen atoms in total. The topological polar surface area (TPSA) is 84.9 Å². The van der Waals surface area contributed by atoms with Crippen molar-refractivity contribution < 1.29 is 23.9 Å². The van der Waals surface area contributed by atoms with Gasteiger partial charge < -0.3 is 9.47 Å². The molecule has 2 amide bonds. The number of amides is 2. The molecular weight excluding hydrogens is 396 g/mol. The van der Waals surface area contributed by atoms with Crippen molar-refractivity contribution >= 4 is 41.1 Å². The van der Waals surface area contributed by atoms with E-state index in [1.165, 1.54) is 11.1 Å². The third-order valence-corrected chi connectivity index (χ3v) is 4.39. The van der Waals surface area contributed by atoms with Crippen LogP contribution in [0.5, 0.6) is 5.75 Å². The largest absolute Gasteiger partial charge is 0.477 e. The summed E-state index contributed by atoms with van der Waals surface area (Å²) in [6.45, 7) is 3.52. The molecule has 1 saturated heterocycles. The Morgan fingerprint density at radius 2 is 1.93 bits per heavy atom. The van der Waals surface area contributed by atoms with E-state index in [9.17, 15) is 14.4 Å². The van der Waals surface area contributed by atoms with Crippen molar-refractivity contribution in [3.8, 4) is 5.75 Å². The van der Waals surface area contributed by atoms with Crippen LogP contribution in [-0.4, -0.2) is 30.5 Å². The van der Waals surface area contributed by atoms with Gasteiger partial charge in [0.15, 0.2) is 6.10 Å². The van der Waals surface area contributed by atoms with E-state index in [4.69, 9.17) is 21.1 Å². The fourth-order valence-corrected chi connectivity index (χ4v) is 2.92. The number of hydrogen-bond acceptors (Lipinski definition) is 5. The minimum Gasteiger partial charge on any atom is -0.477 e. The van der Waals surface area contributed by atoms with Crippen LogP contribution in [0.4, 0.5) is 5.69 Å². The van der Waals surface area contributed by atoms with E-state index in [1.54, 1.807) is 56.3 Å². The molecule has 2 aromatic rings. The lowest BCUT2D eigenvalue weighted by molar-refractivity contribution is -0.150. The quantitative estimate of drug-likeness (QED) is 0.446. The summed E-state index contributed by atoms with van der Waals surface area (Å²) in [7, 11) is 0. The molecular formula is C21H19ClN2O5. The molecule has 8 heteroatoms. The molecule has 1 aliphatic rings. The fourth-order valence-electron chi connectivity index (χ4n) is 2.68. The molecule has 1 heterocycles. The van der Waals surface area contributed by atoms with Crippen molar-refractivity contribution in [2.24, 2.45) is 0 Å². The van der Waals surface area contributed by atoms with Gasteiger partial charge in [0, 0.05) is 0 Å². The highest BCUT2D eigenvalue weighted by Crippen LogP contribution is 2.28. The molecule has 1 atom stereocenters. The number of esters is 1. The van der Waals surface area contributed by atoms with Gasteiger partial charge in [-0.25, -0.2) is 9.80 Å². The number of nitrogens with zero attached hydrogens (tertiary/aromatic N) is 1. The van der Waals surface area contributed by atoms with Gasteiger partial charge in [0.1, 0.15) is 11.3 Å². The van der Waals surface area contributed by atoms with E-state index in [-0.39, 0.29) is 17.2 Å². The molecule has 1 aliphatic heterocycles. The number of hydrazine groups is 1. The van der Waals surface area contributed by atoms with Crippen LogP contribution in [0.25, 0.3) is 6.08 Å². The summed E-state index contributed by atoms with van der Waals surface area (Å²) in [5.41, 5.74) is 3.62. The maximum Gasteiger partial charge on any atom is 0.347 e. The summed E-state index contributed by atoms with van der Waals surface area (Å²) in [4.78, 5) is 36.6. The van der Waals surface area contributed by atoms with Crippen LogP contribution in [0.2, 0.25) is 5.02 Å². The van der Waals surface area contributed by atoms with Crippen LogP contribution >= 0.6 is 11.6 Å². The number of carbonyl (C=O) groups excluding carboxylic acids is 3. The van der Waals surface area contributed by atoms with E-state index in [2.05, 4.69) is 5.43 Å². The van der Waals surface area contributed by atoms with Crippen molar-refractivity contribution in [2.45, 2.75) is 20.0 Å². The lowest BCUT2D eigenvalue weighted by Gasteiger charge is -2.14. The average Bonchev–Trinajstić information content (AvgIpc) is 2.99. The van der Waals surface area contributed by atoms with Crippen molar-refractivity contribution in [1.82, 2.24) is 5.43 Å². The van der Waals surface area contributed by atoms with Gasteiger partial charge >= 0.3 is 5.97 Å². The normalized spacial score (nSPS) is 16.0. The van der Waals surface area contributed by atoms with Gasteiger partial charge in [0.2, 0.25) is 0 Å². The van der Waals surface area contributed by atoms with Crippen molar-refractivity contribution in [3.63, 3.8) is 0 Å². The summed E-state index contributed by atoms with van der Waals surface area (Å²) in [5.74, 6) is -1.17. The highest BCUT2D eigenvalue weighted by molar-refractivity contribution is 6.33. The third-order valence-electron chi connectivity index (χ3n) is 4.10. The van der Waals surface area contributed by atoms with Gasteiger partial charge in [0.05, 0.1) is 17.3 Å². The molecule has 3 rings (SSSR count). The first kappa shape index (κ1) is 20.4. The van der Waals surface area contributed by atoms with Gasteiger partial charge in [-0.1, -0.05) is 35.9 Å². The van der Waals surface area contributed by atoms with Gasteiger partial charge in [-0.3, -0.25) is 15.0 Å². The molecule has 0 spiro atoms. The molecule has 29 heavy (non-hydrogen) atoms. The van der Waals surface area contributed by atoms with Gasteiger partial charge in [0.25, 0.3) is 11.8 Å². The highest BCUT2D eigenvalue weighted by Gasteiger charge is 2.34. The second kappa shape index (κ2) is 8.79. The SMILES string of the molecule is CCOC(=O)[C@H](C)Oc1ccc(/C=C2/C(=O)NN(c3ccccc3)C2=O)cc1Cl. The Kier molecular flexibility index (Phi) is 6.19. The first-order valence-electron chi connectivity index (χ1n) is 8.95. The summed E-state index contributed by atoms with van der Waals surface area (Å²) >= 11 is 6.24. The molecule has 0 bridgehead atoms. The second-order valence-electron chi connectivity index (χ2n) is 6.18. The number of anilines is 1. The third kappa shape index (κ3) is 4.57. The fraction of sp³-hybridized carbons (Fsp3) is 0.190. The number of benzene rings is 2. The molecule has 0 saturated carbocycles. The summed E-state index contributed by atoms with van der Waals surface area (Å²) in [5, 5.41) is 1.43. The minimum absolute atomic E-state index is 0.0153. The number of halogens is 1. The number of ether oxygens (including phenoxy) is 2. The first-order valence-corrected chi connectivity index (χ1v) is 9.33. The Morgan fingerprint density at radius 3 is 2.59 bits per heavy atom. The Morgan fingerprint density at radius 1 is 1.21 bits per heavy atom. The lowest BCUT2D eigenvalue weighted by atomic mass is 10.1. The standard InChI is InChI=1S/C21H19ClN2O5/c1-3-28-21(27)13(2)29-18-10-9-14(12-17(18)22)11-16-19(25)23-24(20(16)26)15-7-5-4-6-8-15/h4-13H,3H2,1-2H3,(H,23,25)/b16-11-/t13-/m0/s1. The number of hydrogen-bond donors (Lipinski definition) is 1. The lowest BCUT2D eigenvalue weighted by Crippen LogP contribution is -2.35. The Balaban J connectivity index is 1.78. The number of para-hydroxylation sites is 1. The van der Waals surface area contributed by atoms with Crippen molar-refractivity contribution in [3.05, 3.63) is 64.7 Å². The molecule has 150 valence electrons. The van der Waals surface area contributed by atoms with Crippen molar-refractivity contribution in [2.75, 3.05) is 11.6 Å². The first-order chi connectivity index (χ1) is 13.9. The van der Waals surface area contributed by atoms with Crippen LogP contribution in [0.3, 0.4) is 0 Å². The smallest absolute Gasteiger partial charge is 0.347 e. The number of carbonyl (C=O) groups is 3. The zero-order valence-corrected chi connectivity index (χ0v) is 16.6. The molecule has 0 aromatic heterocycles. The second-order valence-corrected chi connectivity index (χ2v) is 6.58. The van der Waals surface area contributed by atoms with E-state index >= 15 is 0 Å². The van der Waals surface area contributed by atoms with Crippen LogP contribution in [0, 0.1) is 0 Å². The zero-order chi connectivity index (χ0) is 21.0. The predicted molar refractivity (Wildman–Crippen MR) is 108 cm³/mol. The molecule has 1 N–H and O–H groups in total. The highest BCUT2D eigenvalue weighted by atomic mass is 35.5. The molecule has 0 unspecified atom stereocenters. The van der Waals surface area contributed by atoms with Crippen LogP contribution in [0.15, 0.2) is 54.1 Å². The molecule has 1 fully saturated rings. The summed E-state index contributed by atoms with van der Waals surface area (Å²) in [6, 6.07) is 13.5. The molecule has 2 aromatic carbocycles. The Bertz CT molecular complexity index is 974. The van der Waals surface area contributed by atoms with Crippen LogP contribution in [0.1, 0.15) is 19.4 Å². The maximum absolute atomic E-state index is 12.6. The Hall–Kier alpha value is -3.32. The van der Waals surface area contributed by atoms with E-state index < -0.39 is 23.9 Å². The van der Waals surface area contributed by atoms with Crippen LogP contribution in [-0.2, 0) is 19.1 Å². The van der Waals surface area contributed by atoms with Crippen LogP contribution < -0.4 is 15.2 Å². The molecule has 0 aliphatic carbocycles. The number of rotatable bonds is 6. The van der Waals surface area contributed by atoms with Crippen molar-refractivity contribution in [1.29, 1.82) is 0 Å². The average molecular weight is 415 g/mol. The van der Waals surface area contributed by atoms with E-state index in [1.807, 2.05) is 6.07 Å². The predicted octanol–water partition coefficient (Wildman–Crippen LogP) is 3.13. The minimum atomic E-state index is -0.821.